The van der Waals surface area contributed by atoms with E-state index < -0.39 is 5.97 Å². The number of nitrogens with zero attached hydrogens (tertiary/aromatic N) is 1. The number of esters is 1. The van der Waals surface area contributed by atoms with E-state index in [1.807, 2.05) is 18.2 Å². The monoisotopic (exact) mass is 361 g/mol. The number of unbranched alkanes of at least 4 members (excludes halogenated alkanes) is 4. The maximum absolute atomic E-state index is 11.6. The van der Waals surface area contributed by atoms with E-state index in [1.54, 1.807) is 19.3 Å². The Bertz CT molecular complexity index is 607. The summed E-state index contributed by atoms with van der Waals surface area (Å²) in [7, 11) is 1.57. The maximum atomic E-state index is 11.6. The van der Waals surface area contributed by atoms with Crippen molar-refractivity contribution >= 4 is 12.0 Å². The smallest absolute Gasteiger partial charge is 0.330 e. The number of methoxy groups -OCH3 is 1. The fraction of sp³-hybridized carbons (Fsp3) is 0.500. The highest BCUT2D eigenvalue weighted by Crippen LogP contribution is 2.28. The zero-order chi connectivity index (χ0) is 19.0. The summed E-state index contributed by atoms with van der Waals surface area (Å²) >= 11 is 0. The van der Waals surface area contributed by atoms with E-state index >= 15 is 0 Å². The van der Waals surface area contributed by atoms with Crippen molar-refractivity contribution in [3.8, 4) is 17.6 Å². The van der Waals surface area contributed by atoms with Gasteiger partial charge < -0.3 is 19.3 Å². The zero-order valence-corrected chi connectivity index (χ0v) is 15.3. The summed E-state index contributed by atoms with van der Waals surface area (Å²) in [6, 6.07) is 7.44. The Morgan fingerprint density at radius 1 is 1.15 bits per heavy atom. The van der Waals surface area contributed by atoms with Crippen LogP contribution in [0.2, 0.25) is 0 Å². The molecule has 0 saturated carbocycles. The molecule has 0 aliphatic heterocycles. The number of hydrogen-bond acceptors (Lipinski definition) is 6. The van der Waals surface area contributed by atoms with E-state index in [0.29, 0.717) is 30.9 Å². The van der Waals surface area contributed by atoms with Crippen LogP contribution < -0.4 is 9.47 Å². The van der Waals surface area contributed by atoms with E-state index in [1.165, 1.54) is 6.08 Å². The van der Waals surface area contributed by atoms with Crippen molar-refractivity contribution in [2.24, 2.45) is 0 Å². The molecule has 1 N–H and O–H groups in total. The highest BCUT2D eigenvalue weighted by atomic mass is 16.5. The SMILES string of the molecule is COc1cc(C=CC(=O)OCCCC#N)ccc1OCCCCCCO. The van der Waals surface area contributed by atoms with Crippen LogP contribution in [0.15, 0.2) is 24.3 Å². The third kappa shape index (κ3) is 9.09. The molecule has 0 aliphatic rings. The third-order valence-electron chi connectivity index (χ3n) is 3.59. The predicted octanol–water partition coefficient (Wildman–Crippen LogP) is 3.49. The van der Waals surface area contributed by atoms with Crippen molar-refractivity contribution < 1.29 is 24.1 Å². The molecular formula is C20H27NO5. The van der Waals surface area contributed by atoms with Gasteiger partial charge in [0, 0.05) is 19.1 Å². The number of carbonyl (C=O) groups is 1. The average Bonchev–Trinajstić information content (AvgIpc) is 2.66. The van der Waals surface area contributed by atoms with E-state index in [0.717, 1.165) is 31.2 Å². The van der Waals surface area contributed by atoms with Crippen LogP contribution in [-0.4, -0.2) is 38.0 Å². The Hall–Kier alpha value is -2.52. The Labute approximate surface area is 155 Å². The summed E-state index contributed by atoms with van der Waals surface area (Å²) in [5.74, 6) is 0.820. The number of ether oxygens (including phenoxy) is 3. The van der Waals surface area contributed by atoms with E-state index in [-0.39, 0.29) is 13.2 Å². The number of benzene rings is 1. The first-order valence-corrected chi connectivity index (χ1v) is 8.84. The molecule has 0 heterocycles. The van der Waals surface area contributed by atoms with Crippen molar-refractivity contribution in [3.05, 3.63) is 29.8 Å². The number of rotatable bonds is 13. The molecule has 142 valence electrons. The lowest BCUT2D eigenvalue weighted by Gasteiger charge is -2.11. The largest absolute Gasteiger partial charge is 0.493 e. The zero-order valence-electron chi connectivity index (χ0n) is 15.3. The minimum absolute atomic E-state index is 0.233. The first kappa shape index (κ1) is 21.5. The lowest BCUT2D eigenvalue weighted by Crippen LogP contribution is -2.02. The Morgan fingerprint density at radius 2 is 1.96 bits per heavy atom. The molecule has 0 radical (unpaired) electrons. The second kappa shape index (κ2) is 13.7. The number of hydrogen-bond donors (Lipinski definition) is 1. The van der Waals surface area contributed by atoms with Gasteiger partial charge in [0.15, 0.2) is 11.5 Å². The van der Waals surface area contributed by atoms with Crippen molar-refractivity contribution in [2.75, 3.05) is 26.9 Å². The molecule has 0 aromatic heterocycles. The molecular weight excluding hydrogens is 334 g/mol. The lowest BCUT2D eigenvalue weighted by atomic mass is 10.2. The molecule has 0 amide bonds. The molecule has 1 aromatic rings. The predicted molar refractivity (Wildman–Crippen MR) is 98.9 cm³/mol. The molecule has 1 aromatic carbocycles. The van der Waals surface area contributed by atoms with Gasteiger partial charge in [-0.2, -0.15) is 5.26 Å². The van der Waals surface area contributed by atoms with E-state index in [4.69, 9.17) is 24.6 Å². The van der Waals surface area contributed by atoms with Crippen LogP contribution in [0, 0.1) is 11.3 Å². The highest BCUT2D eigenvalue weighted by molar-refractivity contribution is 5.87. The molecule has 0 bridgehead atoms. The maximum Gasteiger partial charge on any atom is 0.330 e. The van der Waals surface area contributed by atoms with Gasteiger partial charge in [-0.05, 0) is 49.5 Å². The number of aliphatic hydroxyl groups excluding tert-OH is 1. The fourth-order valence-corrected chi connectivity index (χ4v) is 2.19. The second-order valence-corrected chi connectivity index (χ2v) is 5.66. The van der Waals surface area contributed by atoms with Gasteiger partial charge in [-0.1, -0.05) is 12.5 Å². The van der Waals surface area contributed by atoms with Crippen LogP contribution in [0.5, 0.6) is 11.5 Å². The second-order valence-electron chi connectivity index (χ2n) is 5.66. The van der Waals surface area contributed by atoms with Crippen LogP contribution in [0.4, 0.5) is 0 Å². The van der Waals surface area contributed by atoms with Gasteiger partial charge in [-0.25, -0.2) is 4.79 Å². The lowest BCUT2D eigenvalue weighted by molar-refractivity contribution is -0.137. The molecule has 0 atom stereocenters. The van der Waals surface area contributed by atoms with Gasteiger partial charge in [0.1, 0.15) is 0 Å². The molecule has 0 aliphatic carbocycles. The van der Waals surface area contributed by atoms with Gasteiger partial charge >= 0.3 is 5.97 Å². The van der Waals surface area contributed by atoms with Gasteiger partial charge in [0.2, 0.25) is 0 Å². The van der Waals surface area contributed by atoms with E-state index in [9.17, 15) is 4.79 Å². The Morgan fingerprint density at radius 3 is 2.69 bits per heavy atom. The van der Waals surface area contributed by atoms with Crippen LogP contribution in [0.25, 0.3) is 6.08 Å². The van der Waals surface area contributed by atoms with Crippen molar-refractivity contribution in [3.63, 3.8) is 0 Å². The standard InChI is InChI=1S/C20H27NO5/c1-24-19-16-17(9-11-20(23)26-15-7-4-12-21)8-10-18(19)25-14-6-3-2-5-13-22/h8-11,16,22H,2-7,13-15H2,1H3. The van der Waals surface area contributed by atoms with Crippen molar-refractivity contribution in [2.45, 2.75) is 38.5 Å². The molecule has 0 fully saturated rings. The topological polar surface area (TPSA) is 88.8 Å². The molecule has 26 heavy (non-hydrogen) atoms. The molecule has 0 spiro atoms. The van der Waals surface area contributed by atoms with E-state index in [2.05, 4.69) is 0 Å². The van der Waals surface area contributed by atoms with Gasteiger partial charge in [-0.15, -0.1) is 0 Å². The van der Waals surface area contributed by atoms with Crippen LogP contribution in [0.1, 0.15) is 44.1 Å². The number of nitriles is 1. The van der Waals surface area contributed by atoms with Gasteiger partial charge in [0.25, 0.3) is 0 Å². The first-order chi connectivity index (χ1) is 12.7. The molecule has 1 rings (SSSR count). The van der Waals surface area contributed by atoms with Gasteiger partial charge in [-0.3, -0.25) is 0 Å². The molecule has 6 heteroatoms. The molecule has 0 unspecified atom stereocenters. The van der Waals surface area contributed by atoms with Gasteiger partial charge in [0.05, 0.1) is 26.4 Å². The summed E-state index contributed by atoms with van der Waals surface area (Å²) in [4.78, 5) is 11.6. The summed E-state index contributed by atoms with van der Waals surface area (Å²) in [6.45, 7) is 1.06. The average molecular weight is 361 g/mol. The van der Waals surface area contributed by atoms with Crippen LogP contribution in [0.3, 0.4) is 0 Å². The molecule has 6 nitrogen and oxygen atoms in total. The van der Waals surface area contributed by atoms with Crippen LogP contribution in [-0.2, 0) is 9.53 Å². The third-order valence-corrected chi connectivity index (χ3v) is 3.59. The summed E-state index contributed by atoms with van der Waals surface area (Å²) in [5.41, 5.74) is 0.797. The summed E-state index contributed by atoms with van der Waals surface area (Å²) < 4.78 is 16.1. The number of carbonyl (C=O) groups excluding carboxylic acids is 1. The minimum Gasteiger partial charge on any atom is -0.493 e. The fourth-order valence-electron chi connectivity index (χ4n) is 2.19. The summed E-state index contributed by atoms with van der Waals surface area (Å²) in [5, 5.41) is 17.2. The Kier molecular flexibility index (Phi) is 11.4. The minimum atomic E-state index is -0.440. The first-order valence-electron chi connectivity index (χ1n) is 8.84. The Balaban J connectivity index is 2.47. The molecule has 0 saturated heterocycles. The summed E-state index contributed by atoms with van der Waals surface area (Å²) in [6.07, 6.45) is 7.66. The quantitative estimate of drug-likeness (QED) is 0.329. The van der Waals surface area contributed by atoms with Crippen molar-refractivity contribution in [1.82, 2.24) is 0 Å². The van der Waals surface area contributed by atoms with Crippen LogP contribution >= 0.6 is 0 Å². The number of aliphatic hydroxyl groups is 1. The normalized spacial score (nSPS) is 10.5. The van der Waals surface area contributed by atoms with Crippen molar-refractivity contribution in [1.29, 1.82) is 5.26 Å². The highest BCUT2D eigenvalue weighted by Gasteiger charge is 2.05.